The monoisotopic (exact) mass is 478 g/mol. The van der Waals surface area contributed by atoms with E-state index in [0.717, 1.165) is 19.3 Å². The largest absolute Gasteiger partial charge is 0.484 e. The third-order valence-corrected chi connectivity index (χ3v) is 6.12. The number of fused-ring (bicyclic) bond motifs is 2. The second-order valence-corrected chi connectivity index (χ2v) is 8.87. The van der Waals surface area contributed by atoms with Gasteiger partial charge in [0.2, 0.25) is 5.91 Å². The van der Waals surface area contributed by atoms with Crippen molar-refractivity contribution in [2.75, 3.05) is 6.61 Å². The molecular weight excluding hydrogens is 444 g/mol. The summed E-state index contributed by atoms with van der Waals surface area (Å²) < 4.78 is 5.47. The molecule has 186 valence electrons. The summed E-state index contributed by atoms with van der Waals surface area (Å²) in [7, 11) is 0. The summed E-state index contributed by atoms with van der Waals surface area (Å²) in [4.78, 5) is 49.4. The van der Waals surface area contributed by atoms with Crippen LogP contribution in [-0.4, -0.2) is 30.0 Å². The first-order valence-corrected chi connectivity index (χ1v) is 12.5. The van der Waals surface area contributed by atoms with Gasteiger partial charge >= 0.3 is 0 Å². The van der Waals surface area contributed by atoms with Gasteiger partial charge in [-0.2, -0.15) is 0 Å². The maximum absolute atomic E-state index is 12.8. The fraction of sp³-hybridized carbons (Fsp3) is 0.429. The Hall–Kier alpha value is -3.48. The zero-order chi connectivity index (χ0) is 25.0. The van der Waals surface area contributed by atoms with Crippen molar-refractivity contribution in [3.63, 3.8) is 0 Å². The van der Waals surface area contributed by atoms with E-state index in [9.17, 15) is 19.2 Å². The Balaban J connectivity index is 1.35. The molecule has 0 aliphatic heterocycles. The van der Waals surface area contributed by atoms with E-state index in [1.165, 1.54) is 50.7 Å². The molecule has 0 atom stereocenters. The summed E-state index contributed by atoms with van der Waals surface area (Å²) in [6.45, 7) is 1.87. The van der Waals surface area contributed by atoms with Gasteiger partial charge in [0.05, 0.1) is 0 Å². The standard InChI is InChI=1S/C28H34N2O5/c1-2-3-4-5-6-7-8-9-10-15-25(31)29-30-26(32)19-35-20-16-17-23-24(18-20)28(34)22-14-12-11-13-21(22)27(23)33/h11-14,16-18H,2-10,15,19H2,1H3,(H,29,31)(H,30,32). The molecule has 0 spiro atoms. The molecule has 0 unspecified atom stereocenters. The summed E-state index contributed by atoms with van der Waals surface area (Å²) in [6, 6.07) is 11.2. The Labute approximate surface area is 206 Å². The number of benzene rings is 2. The smallest absolute Gasteiger partial charge is 0.276 e. The lowest BCUT2D eigenvalue weighted by atomic mass is 9.84. The average molecular weight is 479 g/mol. The van der Waals surface area contributed by atoms with Gasteiger partial charge in [-0.1, -0.05) is 82.6 Å². The number of rotatable bonds is 13. The molecule has 0 bridgehead atoms. The van der Waals surface area contributed by atoms with E-state index in [4.69, 9.17) is 4.74 Å². The van der Waals surface area contributed by atoms with Gasteiger partial charge in [-0.15, -0.1) is 0 Å². The van der Waals surface area contributed by atoms with Crippen LogP contribution < -0.4 is 15.6 Å². The molecule has 35 heavy (non-hydrogen) atoms. The highest BCUT2D eigenvalue weighted by Gasteiger charge is 2.29. The molecule has 0 fully saturated rings. The fourth-order valence-electron chi connectivity index (χ4n) is 4.15. The van der Waals surface area contributed by atoms with Crippen LogP contribution in [0.1, 0.15) is 103 Å². The molecule has 1 aliphatic carbocycles. The van der Waals surface area contributed by atoms with E-state index in [1.54, 1.807) is 30.3 Å². The minimum Gasteiger partial charge on any atom is -0.484 e. The quantitative estimate of drug-likeness (QED) is 0.268. The summed E-state index contributed by atoms with van der Waals surface area (Å²) in [6.07, 6.45) is 10.9. The first-order chi connectivity index (χ1) is 17.0. The van der Waals surface area contributed by atoms with Crippen LogP contribution in [0.5, 0.6) is 5.75 Å². The maximum atomic E-state index is 12.8. The van der Waals surface area contributed by atoms with E-state index in [1.807, 2.05) is 0 Å². The Kier molecular flexibility index (Phi) is 10.0. The van der Waals surface area contributed by atoms with Gasteiger partial charge in [0, 0.05) is 28.7 Å². The summed E-state index contributed by atoms with van der Waals surface area (Å²) in [5.41, 5.74) is 6.05. The predicted molar refractivity (Wildman–Crippen MR) is 133 cm³/mol. The highest BCUT2D eigenvalue weighted by Crippen LogP contribution is 2.29. The SMILES string of the molecule is CCCCCCCCCCCC(=O)NNC(=O)COc1ccc2c(c1)C(=O)c1ccccc1C2=O. The maximum Gasteiger partial charge on any atom is 0.276 e. The topological polar surface area (TPSA) is 102 Å². The number of nitrogens with one attached hydrogen (secondary N) is 2. The number of ether oxygens (including phenoxy) is 1. The first kappa shape index (κ1) is 26.1. The Morgan fingerprint density at radius 1 is 0.686 bits per heavy atom. The molecule has 0 saturated carbocycles. The van der Waals surface area contributed by atoms with Gasteiger partial charge in [0.25, 0.3) is 5.91 Å². The van der Waals surface area contributed by atoms with Crippen molar-refractivity contribution < 1.29 is 23.9 Å². The molecule has 2 amide bonds. The van der Waals surface area contributed by atoms with Crippen molar-refractivity contribution in [2.45, 2.75) is 71.1 Å². The average Bonchev–Trinajstić information content (AvgIpc) is 2.88. The minimum absolute atomic E-state index is 0.214. The first-order valence-electron chi connectivity index (χ1n) is 12.5. The molecule has 3 rings (SSSR count). The molecule has 1 aliphatic rings. The van der Waals surface area contributed by atoms with E-state index >= 15 is 0 Å². The highest BCUT2D eigenvalue weighted by molar-refractivity contribution is 6.28. The van der Waals surface area contributed by atoms with Gasteiger partial charge in [-0.05, 0) is 24.6 Å². The number of amides is 2. The number of carbonyl (C=O) groups is 4. The van der Waals surface area contributed by atoms with Gasteiger partial charge in [0.15, 0.2) is 18.2 Å². The molecule has 2 aromatic carbocycles. The van der Waals surface area contributed by atoms with Crippen LogP contribution in [0.3, 0.4) is 0 Å². The van der Waals surface area contributed by atoms with E-state index in [-0.39, 0.29) is 29.6 Å². The van der Waals surface area contributed by atoms with Crippen LogP contribution in [-0.2, 0) is 9.59 Å². The molecule has 2 N–H and O–H groups in total. The number of carbonyl (C=O) groups excluding carboxylic acids is 4. The third-order valence-electron chi connectivity index (χ3n) is 6.12. The van der Waals surface area contributed by atoms with Crippen LogP contribution in [0, 0.1) is 0 Å². The third kappa shape index (κ3) is 7.50. The van der Waals surface area contributed by atoms with Gasteiger partial charge in [-0.25, -0.2) is 0 Å². The fourth-order valence-corrected chi connectivity index (χ4v) is 4.15. The van der Waals surface area contributed by atoms with E-state index in [2.05, 4.69) is 17.8 Å². The van der Waals surface area contributed by atoms with Crippen molar-refractivity contribution in [3.05, 3.63) is 64.7 Å². The van der Waals surface area contributed by atoms with Crippen molar-refractivity contribution >= 4 is 23.4 Å². The highest BCUT2D eigenvalue weighted by atomic mass is 16.5. The molecule has 0 radical (unpaired) electrons. The molecule has 0 saturated heterocycles. The number of ketones is 2. The van der Waals surface area contributed by atoms with E-state index in [0.29, 0.717) is 28.9 Å². The number of hydrogen-bond acceptors (Lipinski definition) is 5. The molecule has 7 nitrogen and oxygen atoms in total. The number of unbranched alkanes of at least 4 members (excludes halogenated alkanes) is 8. The lowest BCUT2D eigenvalue weighted by Crippen LogP contribution is -2.43. The molecule has 0 heterocycles. The van der Waals surface area contributed by atoms with Crippen LogP contribution in [0.15, 0.2) is 42.5 Å². The van der Waals surface area contributed by atoms with Crippen molar-refractivity contribution in [2.24, 2.45) is 0 Å². The van der Waals surface area contributed by atoms with Crippen molar-refractivity contribution in [3.8, 4) is 5.75 Å². The van der Waals surface area contributed by atoms with Gasteiger partial charge < -0.3 is 4.74 Å². The predicted octanol–water partition coefficient (Wildman–Crippen LogP) is 4.91. The Morgan fingerprint density at radius 3 is 1.89 bits per heavy atom. The lowest BCUT2D eigenvalue weighted by molar-refractivity contribution is -0.130. The van der Waals surface area contributed by atoms with Crippen LogP contribution >= 0.6 is 0 Å². The molecule has 2 aromatic rings. The Morgan fingerprint density at radius 2 is 1.23 bits per heavy atom. The van der Waals surface area contributed by atoms with E-state index < -0.39 is 5.91 Å². The summed E-state index contributed by atoms with van der Waals surface area (Å²) in [5, 5.41) is 0. The second kappa shape index (κ2) is 13.4. The van der Waals surface area contributed by atoms with Crippen molar-refractivity contribution in [1.29, 1.82) is 0 Å². The zero-order valence-electron chi connectivity index (χ0n) is 20.4. The Bertz CT molecular complexity index is 1060. The zero-order valence-corrected chi connectivity index (χ0v) is 20.4. The lowest BCUT2D eigenvalue weighted by Gasteiger charge is -2.18. The van der Waals surface area contributed by atoms with Crippen molar-refractivity contribution in [1.82, 2.24) is 10.9 Å². The normalized spacial score (nSPS) is 12.0. The van der Waals surface area contributed by atoms with Gasteiger partial charge in [0.1, 0.15) is 5.75 Å². The summed E-state index contributed by atoms with van der Waals surface area (Å²) >= 11 is 0. The number of hydrazine groups is 1. The van der Waals surface area contributed by atoms with Gasteiger partial charge in [-0.3, -0.25) is 30.0 Å². The number of hydrogen-bond donors (Lipinski definition) is 2. The van der Waals surface area contributed by atoms with Crippen LogP contribution in [0.2, 0.25) is 0 Å². The molecular formula is C28H34N2O5. The minimum atomic E-state index is -0.518. The van der Waals surface area contributed by atoms with Crippen LogP contribution in [0.25, 0.3) is 0 Å². The molecule has 7 heteroatoms. The second-order valence-electron chi connectivity index (χ2n) is 8.87. The summed E-state index contributed by atoms with van der Waals surface area (Å²) in [5.74, 6) is -0.933. The van der Waals surface area contributed by atoms with Crippen LogP contribution in [0.4, 0.5) is 0 Å². The molecule has 0 aromatic heterocycles.